The molecular formula is C19H15ClN4O5. The van der Waals surface area contributed by atoms with Gasteiger partial charge in [-0.3, -0.25) is 30.6 Å². The number of aryl methyl sites for hydroxylation is 1. The van der Waals surface area contributed by atoms with Gasteiger partial charge in [0.15, 0.2) is 11.7 Å². The maximum Gasteiger partial charge on any atom is 0.270 e. The first-order valence-corrected chi connectivity index (χ1v) is 8.85. The van der Waals surface area contributed by atoms with Crippen LogP contribution in [-0.4, -0.2) is 21.7 Å². The van der Waals surface area contributed by atoms with Crippen LogP contribution in [0.2, 0.25) is 5.02 Å². The number of carbonyl (C=O) groups is 2. The second kappa shape index (κ2) is 8.98. The van der Waals surface area contributed by atoms with Crippen LogP contribution in [-0.2, 0) is 11.2 Å². The van der Waals surface area contributed by atoms with E-state index < -0.39 is 16.7 Å². The first-order valence-electron chi connectivity index (χ1n) is 8.47. The third-order valence-electron chi connectivity index (χ3n) is 3.89. The van der Waals surface area contributed by atoms with Gasteiger partial charge < -0.3 is 4.42 Å². The van der Waals surface area contributed by atoms with E-state index >= 15 is 0 Å². The van der Waals surface area contributed by atoms with Crippen LogP contribution in [0, 0.1) is 10.1 Å². The van der Waals surface area contributed by atoms with Gasteiger partial charge in [-0.1, -0.05) is 29.8 Å². The average molecular weight is 415 g/mol. The summed E-state index contributed by atoms with van der Waals surface area (Å²) >= 11 is 6.11. The molecule has 10 heteroatoms. The fraction of sp³-hybridized carbons (Fsp3) is 0.105. The van der Waals surface area contributed by atoms with Gasteiger partial charge >= 0.3 is 0 Å². The number of nitro benzene ring substituents is 1. The molecule has 0 radical (unpaired) electrons. The highest BCUT2D eigenvalue weighted by atomic mass is 35.5. The smallest absolute Gasteiger partial charge is 0.270 e. The van der Waals surface area contributed by atoms with Crippen molar-refractivity contribution in [3.63, 3.8) is 0 Å². The average Bonchev–Trinajstić information content (AvgIpc) is 3.19. The highest BCUT2D eigenvalue weighted by Gasteiger charge is 2.14. The zero-order chi connectivity index (χ0) is 20.8. The molecule has 0 saturated heterocycles. The van der Waals surface area contributed by atoms with Crippen LogP contribution in [0.3, 0.4) is 0 Å². The van der Waals surface area contributed by atoms with Crippen LogP contribution in [0.5, 0.6) is 0 Å². The molecular weight excluding hydrogens is 400 g/mol. The summed E-state index contributed by atoms with van der Waals surface area (Å²) in [7, 11) is 0. The Morgan fingerprint density at radius 2 is 1.93 bits per heavy atom. The molecule has 2 N–H and O–H groups in total. The second-order valence-electron chi connectivity index (χ2n) is 5.91. The monoisotopic (exact) mass is 414 g/mol. The summed E-state index contributed by atoms with van der Waals surface area (Å²) < 4.78 is 5.60. The number of rotatable bonds is 6. The van der Waals surface area contributed by atoms with E-state index in [-0.39, 0.29) is 24.1 Å². The molecule has 9 nitrogen and oxygen atoms in total. The minimum atomic E-state index is -0.667. The Morgan fingerprint density at radius 3 is 2.69 bits per heavy atom. The number of aromatic nitrogens is 1. The van der Waals surface area contributed by atoms with Crippen molar-refractivity contribution in [2.24, 2.45) is 0 Å². The number of hydrazine groups is 1. The fourth-order valence-electron chi connectivity index (χ4n) is 2.45. The number of benzene rings is 2. The van der Waals surface area contributed by atoms with Crippen molar-refractivity contribution < 1.29 is 18.9 Å². The van der Waals surface area contributed by atoms with E-state index in [1.807, 2.05) is 6.07 Å². The number of amides is 2. The molecule has 0 aliphatic heterocycles. The molecule has 0 unspecified atom stereocenters. The highest BCUT2D eigenvalue weighted by Crippen LogP contribution is 2.28. The molecule has 0 bridgehead atoms. The van der Waals surface area contributed by atoms with Crippen molar-refractivity contribution in [2.45, 2.75) is 12.8 Å². The van der Waals surface area contributed by atoms with Gasteiger partial charge in [0.1, 0.15) is 0 Å². The van der Waals surface area contributed by atoms with E-state index in [0.717, 1.165) is 6.07 Å². The summed E-state index contributed by atoms with van der Waals surface area (Å²) in [5, 5.41) is 11.3. The maximum absolute atomic E-state index is 12.0. The summed E-state index contributed by atoms with van der Waals surface area (Å²) in [5.41, 5.74) is 4.99. The molecule has 0 spiro atoms. The highest BCUT2D eigenvalue weighted by molar-refractivity contribution is 6.33. The molecule has 3 rings (SSSR count). The molecule has 2 amide bonds. The lowest BCUT2D eigenvalue weighted by Crippen LogP contribution is -2.41. The number of hydrogen-bond donors (Lipinski definition) is 2. The Bertz CT molecular complexity index is 1070. The van der Waals surface area contributed by atoms with Gasteiger partial charge in [0, 0.05) is 36.1 Å². The minimum Gasteiger partial charge on any atom is -0.441 e. The summed E-state index contributed by atoms with van der Waals surface area (Å²) in [6.45, 7) is 0. The largest absolute Gasteiger partial charge is 0.441 e. The number of hydrogen-bond acceptors (Lipinski definition) is 6. The van der Waals surface area contributed by atoms with Crippen molar-refractivity contribution in [2.75, 3.05) is 0 Å². The number of carbonyl (C=O) groups excluding carboxylic acids is 2. The lowest BCUT2D eigenvalue weighted by Gasteiger charge is -2.06. The molecule has 1 heterocycles. The summed E-state index contributed by atoms with van der Waals surface area (Å²) in [6, 6.07) is 12.3. The number of nitrogens with zero attached hydrogens (tertiary/aromatic N) is 2. The van der Waals surface area contributed by atoms with Gasteiger partial charge in [0.25, 0.3) is 11.6 Å². The van der Waals surface area contributed by atoms with Crippen molar-refractivity contribution in [1.29, 1.82) is 0 Å². The van der Waals surface area contributed by atoms with Crippen LogP contribution in [0.1, 0.15) is 22.7 Å². The normalized spacial score (nSPS) is 10.4. The van der Waals surface area contributed by atoms with Crippen LogP contribution in [0.15, 0.2) is 59.1 Å². The van der Waals surface area contributed by atoms with E-state index in [1.54, 1.807) is 18.2 Å². The van der Waals surface area contributed by atoms with Crippen LogP contribution in [0.4, 0.5) is 5.69 Å². The van der Waals surface area contributed by atoms with Crippen LogP contribution >= 0.6 is 11.6 Å². The van der Waals surface area contributed by atoms with Gasteiger partial charge in [0.2, 0.25) is 5.91 Å². The minimum absolute atomic E-state index is 0.0116. The third-order valence-corrected chi connectivity index (χ3v) is 4.22. The molecule has 0 aliphatic carbocycles. The quantitative estimate of drug-likeness (QED) is 0.470. The maximum atomic E-state index is 12.0. The Hall–Kier alpha value is -3.72. The Morgan fingerprint density at radius 1 is 1.14 bits per heavy atom. The lowest BCUT2D eigenvalue weighted by atomic mass is 10.2. The van der Waals surface area contributed by atoms with Gasteiger partial charge in [-0.05, 0) is 18.2 Å². The Kier molecular flexibility index (Phi) is 6.20. The van der Waals surface area contributed by atoms with Crippen LogP contribution < -0.4 is 10.9 Å². The second-order valence-corrected chi connectivity index (χ2v) is 6.32. The first-order chi connectivity index (χ1) is 13.9. The summed E-state index contributed by atoms with van der Waals surface area (Å²) in [5.74, 6) is -0.300. The topological polar surface area (TPSA) is 127 Å². The Labute approximate surface area is 169 Å². The first kappa shape index (κ1) is 20.0. The number of oxazole rings is 1. The lowest BCUT2D eigenvalue weighted by molar-refractivity contribution is -0.384. The van der Waals surface area contributed by atoms with Crippen molar-refractivity contribution in [3.05, 3.63) is 81.3 Å². The van der Waals surface area contributed by atoms with E-state index in [2.05, 4.69) is 15.8 Å². The molecule has 0 saturated carbocycles. The zero-order valence-corrected chi connectivity index (χ0v) is 15.7. The molecule has 0 atom stereocenters. The number of non-ortho nitro benzene ring substituents is 1. The van der Waals surface area contributed by atoms with E-state index in [9.17, 15) is 19.7 Å². The fourth-order valence-corrected chi connectivity index (χ4v) is 2.68. The molecule has 148 valence electrons. The van der Waals surface area contributed by atoms with Gasteiger partial charge in [0.05, 0.1) is 16.1 Å². The van der Waals surface area contributed by atoms with E-state index in [4.69, 9.17) is 16.0 Å². The van der Waals surface area contributed by atoms with E-state index in [0.29, 0.717) is 22.2 Å². The summed E-state index contributed by atoms with van der Waals surface area (Å²) in [6.07, 6.45) is 1.75. The van der Waals surface area contributed by atoms with Crippen molar-refractivity contribution in [1.82, 2.24) is 15.8 Å². The van der Waals surface area contributed by atoms with Gasteiger partial charge in [-0.25, -0.2) is 4.98 Å². The number of nitrogens with one attached hydrogen (secondary N) is 2. The summed E-state index contributed by atoms with van der Waals surface area (Å²) in [4.78, 5) is 38.2. The van der Waals surface area contributed by atoms with Crippen LogP contribution in [0.25, 0.3) is 11.3 Å². The predicted molar refractivity (Wildman–Crippen MR) is 104 cm³/mol. The molecule has 3 aromatic rings. The van der Waals surface area contributed by atoms with Gasteiger partial charge in [-0.15, -0.1) is 0 Å². The predicted octanol–water partition coefficient (Wildman–Crippen LogP) is 3.30. The molecule has 2 aromatic carbocycles. The number of halogens is 1. The zero-order valence-electron chi connectivity index (χ0n) is 14.9. The SMILES string of the molecule is O=C(CCc1ncc(-c2ccccc2Cl)o1)NNC(=O)c1cccc([N+](=O)[O-])c1. The Balaban J connectivity index is 1.51. The standard InChI is InChI=1S/C19H15ClN4O5/c20-15-7-2-1-6-14(15)16-11-21-18(29-16)9-8-17(25)22-23-19(26)12-4-3-5-13(10-12)24(27)28/h1-7,10-11H,8-9H2,(H,22,25)(H,23,26). The molecule has 0 fully saturated rings. The van der Waals surface area contributed by atoms with Crippen molar-refractivity contribution in [3.8, 4) is 11.3 Å². The van der Waals surface area contributed by atoms with Crippen molar-refractivity contribution >= 4 is 29.1 Å². The third kappa shape index (κ3) is 5.17. The molecule has 0 aliphatic rings. The molecule has 1 aromatic heterocycles. The molecule has 29 heavy (non-hydrogen) atoms. The van der Waals surface area contributed by atoms with Gasteiger partial charge in [-0.2, -0.15) is 0 Å². The van der Waals surface area contributed by atoms with E-state index in [1.165, 1.54) is 24.4 Å². The number of nitro groups is 1.